The second-order valence-corrected chi connectivity index (χ2v) is 7.03. The van der Waals surface area contributed by atoms with Gasteiger partial charge in [0.05, 0.1) is 5.56 Å². The number of rotatable bonds is 3. The van der Waals surface area contributed by atoms with Crippen molar-refractivity contribution in [1.82, 2.24) is 10.6 Å². The summed E-state index contributed by atoms with van der Waals surface area (Å²) in [6.07, 6.45) is 0.308. The lowest BCUT2D eigenvalue weighted by Crippen LogP contribution is -2.43. The van der Waals surface area contributed by atoms with Gasteiger partial charge in [-0.25, -0.2) is 4.79 Å². The van der Waals surface area contributed by atoms with Crippen molar-refractivity contribution in [2.75, 3.05) is 11.9 Å². The molecule has 24 heavy (non-hydrogen) atoms. The highest BCUT2D eigenvalue weighted by molar-refractivity contribution is 7.10. The van der Waals surface area contributed by atoms with Gasteiger partial charge in [0.2, 0.25) is 5.91 Å². The minimum absolute atomic E-state index is 0.387. The van der Waals surface area contributed by atoms with Crippen LogP contribution in [0.3, 0.4) is 0 Å². The minimum Gasteiger partial charge on any atom is -0.366 e. The van der Waals surface area contributed by atoms with Crippen molar-refractivity contribution in [3.8, 4) is 0 Å². The smallest absolute Gasteiger partial charge is 0.320 e. The Bertz CT molecular complexity index is 789. The number of primary amides is 1. The number of fused-ring (bicyclic) bond motifs is 1. The maximum absolute atomic E-state index is 12.2. The van der Waals surface area contributed by atoms with E-state index in [-0.39, 0.29) is 6.17 Å². The van der Waals surface area contributed by atoms with Crippen molar-refractivity contribution in [3.63, 3.8) is 0 Å². The molecule has 9 heteroatoms. The Morgan fingerprint density at radius 2 is 1.96 bits per heavy atom. The molecule has 2 heterocycles. The van der Waals surface area contributed by atoms with Crippen molar-refractivity contribution in [3.05, 3.63) is 49.6 Å². The fourth-order valence-electron chi connectivity index (χ4n) is 2.58. The first-order chi connectivity index (χ1) is 11.4. The number of hydrogen-bond acceptors (Lipinski definition) is 4. The van der Waals surface area contributed by atoms with Crippen molar-refractivity contribution in [2.24, 2.45) is 5.73 Å². The average Bonchev–Trinajstić information content (AvgIpc) is 2.91. The van der Waals surface area contributed by atoms with Crippen LogP contribution >= 0.6 is 34.5 Å². The predicted octanol–water partition coefficient (Wildman–Crippen LogP) is 3.12. The maximum atomic E-state index is 12.2. The molecule has 1 atom stereocenters. The van der Waals surface area contributed by atoms with E-state index in [1.54, 1.807) is 23.6 Å². The molecule has 0 radical (unpaired) electrons. The van der Waals surface area contributed by atoms with Gasteiger partial charge >= 0.3 is 6.03 Å². The van der Waals surface area contributed by atoms with E-state index in [0.29, 0.717) is 34.3 Å². The van der Waals surface area contributed by atoms with Gasteiger partial charge in [-0.2, -0.15) is 0 Å². The second kappa shape index (κ2) is 6.98. The topological polar surface area (TPSA) is 96.2 Å². The number of carbonyl (C=O) groups excluding carboxylic acids is 2. The summed E-state index contributed by atoms with van der Waals surface area (Å²) in [6, 6.07) is 4.37. The first kappa shape index (κ1) is 17.0. The molecule has 1 aromatic carbocycles. The third-order valence-corrected chi connectivity index (χ3v) is 5.10. The van der Waals surface area contributed by atoms with Gasteiger partial charge in [-0.15, -0.1) is 11.3 Å². The van der Waals surface area contributed by atoms with Crippen LogP contribution in [0.1, 0.15) is 27.0 Å². The summed E-state index contributed by atoms with van der Waals surface area (Å²) in [6.45, 7) is 0.637. The fourth-order valence-corrected chi connectivity index (χ4v) is 4.24. The number of nitrogens with one attached hydrogen (secondary N) is 3. The van der Waals surface area contributed by atoms with Gasteiger partial charge in [-0.3, -0.25) is 10.1 Å². The molecule has 1 aromatic heterocycles. The number of amides is 3. The zero-order valence-electron chi connectivity index (χ0n) is 12.4. The molecule has 5 N–H and O–H groups in total. The number of anilines is 1. The predicted molar refractivity (Wildman–Crippen MR) is 95.9 cm³/mol. The molecule has 1 aliphatic rings. The molecular formula is C15H14Cl2N4O2S. The molecular weight excluding hydrogens is 371 g/mol. The zero-order chi connectivity index (χ0) is 17.3. The van der Waals surface area contributed by atoms with Crippen molar-refractivity contribution in [2.45, 2.75) is 12.6 Å². The van der Waals surface area contributed by atoms with Crippen molar-refractivity contribution < 1.29 is 9.59 Å². The molecule has 2 aromatic rings. The second-order valence-electron chi connectivity index (χ2n) is 5.25. The monoisotopic (exact) mass is 384 g/mol. The highest BCUT2D eigenvalue weighted by atomic mass is 35.5. The third-order valence-electron chi connectivity index (χ3n) is 3.57. The van der Waals surface area contributed by atoms with Gasteiger partial charge < -0.3 is 16.4 Å². The third kappa shape index (κ3) is 3.64. The Balaban J connectivity index is 1.73. The molecule has 0 aliphatic carbocycles. The average molecular weight is 385 g/mol. The van der Waals surface area contributed by atoms with Crippen molar-refractivity contribution >= 4 is 52.2 Å². The molecule has 3 amide bonds. The van der Waals surface area contributed by atoms with E-state index in [9.17, 15) is 9.59 Å². The van der Waals surface area contributed by atoms with E-state index < -0.39 is 11.9 Å². The van der Waals surface area contributed by atoms with Gasteiger partial charge in [0.25, 0.3) is 0 Å². The summed E-state index contributed by atoms with van der Waals surface area (Å²) >= 11 is 13.2. The largest absolute Gasteiger partial charge is 0.366 e. The molecule has 0 spiro atoms. The number of carbonyl (C=O) groups is 2. The Morgan fingerprint density at radius 3 is 2.62 bits per heavy atom. The molecule has 0 saturated heterocycles. The maximum Gasteiger partial charge on any atom is 0.320 e. The highest BCUT2D eigenvalue weighted by Crippen LogP contribution is 2.30. The van der Waals surface area contributed by atoms with Gasteiger partial charge in [-0.05, 0) is 30.2 Å². The van der Waals surface area contributed by atoms with Crippen LogP contribution in [0.5, 0.6) is 0 Å². The minimum atomic E-state index is -0.453. The quantitative estimate of drug-likeness (QED) is 0.654. The number of halogens is 2. The molecule has 6 nitrogen and oxygen atoms in total. The van der Waals surface area contributed by atoms with Crippen LogP contribution < -0.4 is 21.7 Å². The zero-order valence-corrected chi connectivity index (χ0v) is 14.7. The Morgan fingerprint density at radius 1 is 1.25 bits per heavy atom. The van der Waals surface area contributed by atoms with Gasteiger partial charge in [-0.1, -0.05) is 23.2 Å². The van der Waals surface area contributed by atoms with Crippen LogP contribution in [-0.2, 0) is 6.42 Å². The van der Waals surface area contributed by atoms with E-state index in [1.807, 2.05) is 0 Å². The summed E-state index contributed by atoms with van der Waals surface area (Å²) in [7, 11) is 0. The van der Waals surface area contributed by atoms with E-state index >= 15 is 0 Å². The van der Waals surface area contributed by atoms with Gasteiger partial charge in [0, 0.05) is 32.5 Å². The number of thiophene rings is 1. The number of benzene rings is 1. The summed E-state index contributed by atoms with van der Waals surface area (Å²) in [4.78, 5) is 24.6. The fraction of sp³-hybridized carbons (Fsp3) is 0.200. The molecule has 1 unspecified atom stereocenters. The van der Waals surface area contributed by atoms with Crippen LogP contribution in [0.4, 0.5) is 10.5 Å². The Labute approximate surface area is 152 Å². The molecule has 126 valence electrons. The van der Waals surface area contributed by atoms with E-state index in [0.717, 1.165) is 10.4 Å². The summed E-state index contributed by atoms with van der Waals surface area (Å²) in [5.41, 5.74) is 7.28. The SMILES string of the molecule is NC(=O)c1csc2c1CCNC2NC(=O)Nc1cc(Cl)cc(Cl)c1. The lowest BCUT2D eigenvalue weighted by Gasteiger charge is -2.25. The highest BCUT2D eigenvalue weighted by Gasteiger charge is 2.26. The first-order valence-corrected chi connectivity index (χ1v) is 8.74. The Hall–Kier alpha value is -1.80. The number of urea groups is 1. The lowest BCUT2D eigenvalue weighted by molar-refractivity contribution is 0.0999. The van der Waals surface area contributed by atoms with Crippen LogP contribution in [-0.4, -0.2) is 18.5 Å². The first-order valence-electron chi connectivity index (χ1n) is 7.11. The van der Waals surface area contributed by atoms with E-state index in [2.05, 4.69) is 16.0 Å². The number of hydrogen-bond donors (Lipinski definition) is 4. The van der Waals surface area contributed by atoms with E-state index in [1.165, 1.54) is 11.3 Å². The molecule has 0 bridgehead atoms. The molecule has 0 fully saturated rings. The molecule has 1 aliphatic heterocycles. The van der Waals surface area contributed by atoms with Gasteiger partial charge in [0.15, 0.2) is 0 Å². The number of nitrogens with two attached hydrogens (primary N) is 1. The Kier molecular flexibility index (Phi) is 4.96. The summed E-state index contributed by atoms with van der Waals surface area (Å²) < 4.78 is 0. The normalized spacial score (nSPS) is 16.3. The van der Waals surface area contributed by atoms with E-state index in [4.69, 9.17) is 28.9 Å². The lowest BCUT2D eigenvalue weighted by atomic mass is 10.0. The summed E-state index contributed by atoms with van der Waals surface area (Å²) in [5, 5.41) is 11.3. The van der Waals surface area contributed by atoms with Gasteiger partial charge in [0.1, 0.15) is 6.17 Å². The summed E-state index contributed by atoms with van der Waals surface area (Å²) in [5.74, 6) is -0.453. The van der Waals surface area contributed by atoms with Crippen LogP contribution in [0.25, 0.3) is 0 Å². The van der Waals surface area contributed by atoms with Crippen molar-refractivity contribution in [1.29, 1.82) is 0 Å². The molecule has 0 saturated carbocycles. The standard InChI is InChI=1S/C15H14Cl2N4O2S/c16-7-3-8(17)5-9(4-7)20-15(23)21-14-12-10(1-2-19-14)11(6-24-12)13(18)22/h3-6,14,19H,1-2H2,(H2,18,22)(H2,20,21,23). The van der Waals surface area contributed by atoms with Crippen LogP contribution in [0.2, 0.25) is 10.0 Å². The molecule has 3 rings (SSSR count). The van der Waals surface area contributed by atoms with Crippen LogP contribution in [0.15, 0.2) is 23.6 Å². The van der Waals surface area contributed by atoms with Crippen LogP contribution in [0, 0.1) is 0 Å².